The van der Waals surface area contributed by atoms with Gasteiger partial charge >= 0.3 is 0 Å². The lowest BCUT2D eigenvalue weighted by Gasteiger charge is -2.49. The summed E-state index contributed by atoms with van der Waals surface area (Å²) < 4.78 is 0. The minimum Gasteiger partial charge on any atom is -0.302 e. The first-order chi connectivity index (χ1) is 9.84. The van der Waals surface area contributed by atoms with E-state index in [4.69, 9.17) is 23.2 Å². The number of halogens is 2. The highest BCUT2D eigenvalue weighted by molar-refractivity contribution is 6.36. The summed E-state index contributed by atoms with van der Waals surface area (Å²) in [5.41, 5.74) is 0.719. The van der Waals surface area contributed by atoms with Gasteiger partial charge in [-0.25, -0.2) is 0 Å². The summed E-state index contributed by atoms with van der Waals surface area (Å²) in [6.07, 6.45) is 3.65. The first-order valence-electron chi connectivity index (χ1n) is 7.18. The number of ketones is 1. The van der Waals surface area contributed by atoms with Gasteiger partial charge in [0.2, 0.25) is 0 Å². The van der Waals surface area contributed by atoms with E-state index in [1.807, 2.05) is 7.05 Å². The summed E-state index contributed by atoms with van der Waals surface area (Å²) >= 11 is 12.0. The number of likely N-dealkylation sites (N-methyl/N-ethyl adjacent to an activating group) is 2. The number of carbonyl (C=O) groups excluding carboxylic acids is 1. The van der Waals surface area contributed by atoms with Crippen LogP contribution in [0, 0.1) is 0 Å². The molecule has 0 unspecified atom stereocenters. The Bertz CT molecular complexity index is 527. The monoisotopic (exact) mass is 328 g/mol. The largest absolute Gasteiger partial charge is 0.302 e. The van der Waals surface area contributed by atoms with Crippen molar-refractivity contribution in [2.75, 3.05) is 34.2 Å². The van der Waals surface area contributed by atoms with Crippen LogP contribution in [0.5, 0.6) is 0 Å². The molecule has 1 aromatic rings. The molecule has 1 saturated carbocycles. The first-order valence-corrected chi connectivity index (χ1v) is 7.94. The molecule has 3 nitrogen and oxygen atoms in total. The number of benzene rings is 1. The zero-order valence-electron chi connectivity index (χ0n) is 12.8. The predicted molar refractivity (Wildman–Crippen MR) is 88.6 cm³/mol. The van der Waals surface area contributed by atoms with Crippen LogP contribution in [0.25, 0.3) is 0 Å². The topological polar surface area (TPSA) is 23.6 Å². The van der Waals surface area contributed by atoms with E-state index in [-0.39, 0.29) is 11.3 Å². The number of rotatable bonds is 6. The van der Waals surface area contributed by atoms with E-state index in [0.29, 0.717) is 22.2 Å². The first kappa shape index (κ1) is 16.8. The van der Waals surface area contributed by atoms with Crippen LogP contribution in [0.2, 0.25) is 10.0 Å². The molecular formula is C16H22Cl2N2O. The van der Waals surface area contributed by atoms with Gasteiger partial charge in [-0.1, -0.05) is 23.2 Å². The van der Waals surface area contributed by atoms with Gasteiger partial charge in [-0.3, -0.25) is 9.69 Å². The fourth-order valence-electron chi connectivity index (χ4n) is 2.93. The van der Waals surface area contributed by atoms with Gasteiger partial charge in [-0.2, -0.15) is 0 Å². The average Bonchev–Trinajstić information content (AvgIpc) is 2.36. The lowest BCUT2D eigenvalue weighted by Crippen LogP contribution is -2.57. The van der Waals surface area contributed by atoms with Gasteiger partial charge in [-0.15, -0.1) is 0 Å². The minimum absolute atomic E-state index is 0.0122. The number of nitrogens with zero attached hydrogens (tertiary/aromatic N) is 2. The van der Waals surface area contributed by atoms with Crippen molar-refractivity contribution in [3.63, 3.8) is 0 Å². The average molecular weight is 329 g/mol. The van der Waals surface area contributed by atoms with Crippen LogP contribution in [-0.2, 0) is 0 Å². The molecule has 1 fully saturated rings. The Morgan fingerprint density at radius 2 is 1.90 bits per heavy atom. The number of Topliss-reactive ketones (excluding diaryl/α,β-unsaturated/α-hetero) is 1. The van der Waals surface area contributed by atoms with Gasteiger partial charge in [0.25, 0.3) is 0 Å². The predicted octanol–water partition coefficient (Wildman–Crippen LogP) is 3.59. The smallest absolute Gasteiger partial charge is 0.178 e. The second kappa shape index (κ2) is 6.66. The molecule has 2 rings (SSSR count). The van der Waals surface area contributed by atoms with Crippen LogP contribution < -0.4 is 0 Å². The van der Waals surface area contributed by atoms with Crippen LogP contribution in [0.1, 0.15) is 29.6 Å². The van der Waals surface area contributed by atoms with E-state index < -0.39 is 0 Å². The van der Waals surface area contributed by atoms with Gasteiger partial charge in [0, 0.05) is 22.7 Å². The van der Waals surface area contributed by atoms with Crippen molar-refractivity contribution in [1.29, 1.82) is 0 Å². The van der Waals surface area contributed by atoms with Crippen molar-refractivity contribution in [2.45, 2.75) is 24.8 Å². The van der Waals surface area contributed by atoms with E-state index in [9.17, 15) is 4.79 Å². The molecular weight excluding hydrogens is 307 g/mol. The molecule has 0 aliphatic heterocycles. The van der Waals surface area contributed by atoms with Gasteiger partial charge in [0.1, 0.15) is 0 Å². The second-order valence-corrected chi connectivity index (χ2v) is 7.04. The fraction of sp³-hybridized carbons (Fsp3) is 0.562. The zero-order chi connectivity index (χ0) is 15.6. The lowest BCUT2D eigenvalue weighted by molar-refractivity contribution is 0.0280. The summed E-state index contributed by atoms with van der Waals surface area (Å²) in [6.45, 7) is 1.25. The van der Waals surface area contributed by atoms with Gasteiger partial charge in [0.15, 0.2) is 5.78 Å². The molecule has 21 heavy (non-hydrogen) atoms. The molecule has 116 valence electrons. The molecule has 0 N–H and O–H groups in total. The molecule has 0 bridgehead atoms. The minimum atomic E-state index is 0.0122. The molecule has 1 aromatic carbocycles. The van der Waals surface area contributed by atoms with Crippen molar-refractivity contribution < 1.29 is 4.79 Å². The Morgan fingerprint density at radius 3 is 2.43 bits per heavy atom. The van der Waals surface area contributed by atoms with E-state index in [2.05, 4.69) is 23.9 Å². The molecule has 0 heterocycles. The maximum absolute atomic E-state index is 12.4. The highest BCUT2D eigenvalue weighted by Crippen LogP contribution is 2.36. The third-order valence-electron chi connectivity index (χ3n) is 4.44. The maximum Gasteiger partial charge on any atom is 0.178 e. The number of hydrogen-bond acceptors (Lipinski definition) is 3. The van der Waals surface area contributed by atoms with Crippen LogP contribution in [0.15, 0.2) is 18.2 Å². The van der Waals surface area contributed by atoms with Crippen molar-refractivity contribution in [3.05, 3.63) is 33.8 Å². The normalized spacial score (nSPS) is 17.1. The van der Waals surface area contributed by atoms with Crippen molar-refractivity contribution >= 4 is 29.0 Å². The van der Waals surface area contributed by atoms with Crippen molar-refractivity contribution in [1.82, 2.24) is 9.80 Å². The molecule has 0 spiro atoms. The van der Waals surface area contributed by atoms with Gasteiger partial charge in [0.05, 0.1) is 11.6 Å². The number of carbonyl (C=O) groups is 1. The Kier molecular flexibility index (Phi) is 5.31. The van der Waals surface area contributed by atoms with Crippen molar-refractivity contribution in [2.24, 2.45) is 0 Å². The summed E-state index contributed by atoms with van der Waals surface area (Å²) in [4.78, 5) is 16.8. The standard InChI is InChI=1S/C16H22Cl2N2O/c1-19(2)16(7-4-8-16)11-20(3)10-15(21)13-9-12(17)5-6-14(13)18/h5-6,9H,4,7-8,10-11H2,1-3H3. The van der Waals surface area contributed by atoms with Gasteiger partial charge < -0.3 is 4.90 Å². The molecule has 1 aliphatic rings. The number of hydrogen-bond donors (Lipinski definition) is 0. The molecule has 0 radical (unpaired) electrons. The van der Waals surface area contributed by atoms with E-state index in [1.165, 1.54) is 19.3 Å². The molecule has 0 atom stereocenters. The van der Waals surface area contributed by atoms with Crippen LogP contribution >= 0.6 is 23.2 Å². The zero-order valence-corrected chi connectivity index (χ0v) is 14.3. The van der Waals surface area contributed by atoms with Crippen molar-refractivity contribution in [3.8, 4) is 0 Å². The molecule has 5 heteroatoms. The highest BCUT2D eigenvalue weighted by atomic mass is 35.5. The van der Waals surface area contributed by atoms with E-state index in [1.54, 1.807) is 18.2 Å². The Hall–Kier alpha value is -0.610. The second-order valence-electron chi connectivity index (χ2n) is 6.19. The van der Waals surface area contributed by atoms with Crippen LogP contribution in [-0.4, -0.2) is 55.4 Å². The van der Waals surface area contributed by atoms with Crippen LogP contribution in [0.3, 0.4) is 0 Å². The third-order valence-corrected chi connectivity index (χ3v) is 5.00. The Morgan fingerprint density at radius 1 is 1.24 bits per heavy atom. The molecule has 0 aromatic heterocycles. The van der Waals surface area contributed by atoms with Crippen LogP contribution in [0.4, 0.5) is 0 Å². The van der Waals surface area contributed by atoms with E-state index in [0.717, 1.165) is 6.54 Å². The Labute approximate surface area is 136 Å². The molecule has 1 aliphatic carbocycles. The summed E-state index contributed by atoms with van der Waals surface area (Å²) in [6, 6.07) is 5.01. The summed E-state index contributed by atoms with van der Waals surface area (Å²) in [7, 11) is 6.21. The summed E-state index contributed by atoms with van der Waals surface area (Å²) in [5, 5.41) is 0.998. The molecule has 0 saturated heterocycles. The lowest BCUT2D eigenvalue weighted by atomic mass is 9.75. The van der Waals surface area contributed by atoms with E-state index >= 15 is 0 Å². The van der Waals surface area contributed by atoms with Gasteiger partial charge in [-0.05, 0) is 58.6 Å². The highest BCUT2D eigenvalue weighted by Gasteiger charge is 2.39. The SMILES string of the molecule is CN(CC(=O)c1cc(Cl)ccc1Cl)CC1(N(C)C)CCC1. The maximum atomic E-state index is 12.4. The third kappa shape index (κ3) is 3.78. The Balaban J connectivity index is 2.00. The fourth-order valence-corrected chi connectivity index (χ4v) is 3.33. The molecule has 0 amide bonds. The summed E-state index contributed by atoms with van der Waals surface area (Å²) in [5.74, 6) is 0.0122. The quantitative estimate of drug-likeness (QED) is 0.745.